The molecule has 1 amide bonds. The lowest BCUT2D eigenvalue weighted by Gasteiger charge is -2.30. The van der Waals surface area contributed by atoms with Gasteiger partial charge in [-0.1, -0.05) is 24.1 Å². The van der Waals surface area contributed by atoms with Gasteiger partial charge in [-0.05, 0) is 24.3 Å². The average Bonchev–Trinajstić information content (AvgIpc) is 3.08. The van der Waals surface area contributed by atoms with Gasteiger partial charge in [0.15, 0.2) is 5.84 Å². The molecular formula is C13H19N3O2S. The van der Waals surface area contributed by atoms with Gasteiger partial charge in [-0.2, -0.15) is 0 Å². The van der Waals surface area contributed by atoms with E-state index >= 15 is 0 Å². The summed E-state index contributed by atoms with van der Waals surface area (Å²) in [5, 5.41) is 14.0. The van der Waals surface area contributed by atoms with Crippen LogP contribution in [0.25, 0.3) is 0 Å². The average molecular weight is 281 g/mol. The lowest BCUT2D eigenvalue weighted by molar-refractivity contribution is -0.137. The van der Waals surface area contributed by atoms with Crippen LogP contribution in [-0.4, -0.2) is 28.9 Å². The highest BCUT2D eigenvalue weighted by atomic mass is 32.1. The monoisotopic (exact) mass is 281 g/mol. The first-order valence-electron chi connectivity index (χ1n) is 6.36. The second-order valence-corrected chi connectivity index (χ2v) is 6.05. The second-order valence-electron chi connectivity index (χ2n) is 5.02. The van der Waals surface area contributed by atoms with Crippen molar-refractivity contribution in [1.82, 2.24) is 4.90 Å². The van der Waals surface area contributed by atoms with Gasteiger partial charge in [-0.25, -0.2) is 0 Å². The van der Waals surface area contributed by atoms with Gasteiger partial charge in [0.25, 0.3) is 0 Å². The Hall–Kier alpha value is -1.56. The Kier molecular flexibility index (Phi) is 4.09. The third-order valence-corrected chi connectivity index (χ3v) is 4.65. The Morgan fingerprint density at radius 1 is 1.58 bits per heavy atom. The zero-order valence-corrected chi connectivity index (χ0v) is 11.8. The summed E-state index contributed by atoms with van der Waals surface area (Å²) >= 11 is 1.62. The molecule has 0 saturated heterocycles. The van der Waals surface area contributed by atoms with Crippen LogP contribution < -0.4 is 5.73 Å². The van der Waals surface area contributed by atoms with Crippen LogP contribution in [0.15, 0.2) is 22.7 Å². The maximum atomic E-state index is 12.7. The fourth-order valence-electron chi connectivity index (χ4n) is 2.73. The number of hydrogen-bond acceptors (Lipinski definition) is 4. The summed E-state index contributed by atoms with van der Waals surface area (Å²) in [6, 6.07) is 3.96. The van der Waals surface area contributed by atoms with Gasteiger partial charge in [-0.15, -0.1) is 11.3 Å². The molecule has 1 aromatic heterocycles. The molecule has 2 rings (SSSR count). The summed E-state index contributed by atoms with van der Waals surface area (Å²) in [6.07, 6.45) is 3.20. The van der Waals surface area contributed by atoms with Gasteiger partial charge in [-0.3, -0.25) is 4.79 Å². The van der Waals surface area contributed by atoms with Gasteiger partial charge in [0, 0.05) is 11.9 Å². The molecule has 0 spiro atoms. The molecule has 0 bridgehead atoms. The first-order chi connectivity index (χ1) is 9.10. The van der Waals surface area contributed by atoms with E-state index < -0.39 is 5.41 Å². The third-order valence-electron chi connectivity index (χ3n) is 3.78. The number of nitrogens with two attached hydrogens (primary N) is 1. The van der Waals surface area contributed by atoms with Crippen molar-refractivity contribution < 1.29 is 10.0 Å². The predicted molar refractivity (Wildman–Crippen MR) is 75.1 cm³/mol. The zero-order valence-electron chi connectivity index (χ0n) is 11.0. The van der Waals surface area contributed by atoms with E-state index in [0.29, 0.717) is 19.4 Å². The topological polar surface area (TPSA) is 78.9 Å². The van der Waals surface area contributed by atoms with Crippen molar-refractivity contribution in [2.75, 3.05) is 7.05 Å². The van der Waals surface area contributed by atoms with Crippen LogP contribution in [0.3, 0.4) is 0 Å². The highest BCUT2D eigenvalue weighted by molar-refractivity contribution is 7.09. The Balaban J connectivity index is 2.16. The minimum atomic E-state index is -0.805. The quantitative estimate of drug-likeness (QED) is 0.383. The van der Waals surface area contributed by atoms with Crippen molar-refractivity contribution in [1.29, 1.82) is 0 Å². The van der Waals surface area contributed by atoms with Gasteiger partial charge in [0.05, 0.1) is 6.54 Å². The molecule has 1 aliphatic rings. The molecule has 0 atom stereocenters. The lowest BCUT2D eigenvalue weighted by Crippen LogP contribution is -2.48. The Morgan fingerprint density at radius 3 is 2.79 bits per heavy atom. The number of carbonyl (C=O) groups is 1. The van der Waals surface area contributed by atoms with Crippen LogP contribution in [0.1, 0.15) is 30.6 Å². The summed E-state index contributed by atoms with van der Waals surface area (Å²) in [5.74, 6) is 0.00160. The third kappa shape index (κ3) is 2.58. The predicted octanol–water partition coefficient (Wildman–Crippen LogP) is 2.01. The number of nitrogens with zero attached hydrogens (tertiary/aromatic N) is 2. The highest BCUT2D eigenvalue weighted by Gasteiger charge is 2.46. The van der Waals surface area contributed by atoms with Crippen LogP contribution in [-0.2, 0) is 11.3 Å². The lowest BCUT2D eigenvalue weighted by atomic mass is 9.83. The molecule has 0 unspecified atom stereocenters. The summed E-state index contributed by atoms with van der Waals surface area (Å²) in [6.45, 7) is 0.566. The van der Waals surface area contributed by atoms with Crippen LogP contribution in [0.2, 0.25) is 0 Å². The summed E-state index contributed by atoms with van der Waals surface area (Å²) in [4.78, 5) is 15.5. The molecule has 1 aliphatic carbocycles. The van der Waals surface area contributed by atoms with Crippen molar-refractivity contribution >= 4 is 23.1 Å². The summed E-state index contributed by atoms with van der Waals surface area (Å²) in [5.41, 5.74) is 4.98. The van der Waals surface area contributed by atoms with Gasteiger partial charge >= 0.3 is 0 Å². The molecule has 19 heavy (non-hydrogen) atoms. The fraction of sp³-hybridized carbons (Fsp3) is 0.538. The molecule has 3 N–H and O–H groups in total. The van der Waals surface area contributed by atoms with E-state index in [4.69, 9.17) is 10.9 Å². The van der Waals surface area contributed by atoms with E-state index in [0.717, 1.165) is 17.7 Å². The molecule has 6 heteroatoms. The normalized spacial score (nSPS) is 18.5. The summed E-state index contributed by atoms with van der Waals surface area (Å²) < 4.78 is 0. The first-order valence-corrected chi connectivity index (χ1v) is 7.24. The van der Waals surface area contributed by atoms with E-state index in [2.05, 4.69) is 5.16 Å². The number of carbonyl (C=O) groups excluding carboxylic acids is 1. The van der Waals surface area contributed by atoms with Gasteiger partial charge in [0.2, 0.25) is 5.91 Å². The molecule has 1 saturated carbocycles. The number of oxime groups is 1. The van der Waals surface area contributed by atoms with Gasteiger partial charge < -0.3 is 15.8 Å². The second kappa shape index (κ2) is 5.61. The van der Waals surface area contributed by atoms with Crippen LogP contribution >= 0.6 is 11.3 Å². The smallest absolute Gasteiger partial charge is 0.236 e. The van der Waals surface area contributed by atoms with Crippen molar-refractivity contribution in [2.45, 2.75) is 32.2 Å². The molecule has 104 valence electrons. The van der Waals surface area contributed by atoms with Crippen molar-refractivity contribution in [3.8, 4) is 0 Å². The minimum Gasteiger partial charge on any atom is -0.409 e. The molecular weight excluding hydrogens is 262 g/mol. The molecule has 1 heterocycles. The highest BCUT2D eigenvalue weighted by Crippen LogP contribution is 2.40. The molecule has 1 aromatic rings. The van der Waals surface area contributed by atoms with E-state index in [1.807, 2.05) is 17.5 Å². The number of amides is 1. The molecule has 1 fully saturated rings. The van der Waals surface area contributed by atoms with Crippen LogP contribution in [0.4, 0.5) is 0 Å². The van der Waals surface area contributed by atoms with Gasteiger partial charge in [0.1, 0.15) is 5.41 Å². The Morgan fingerprint density at radius 2 is 2.26 bits per heavy atom. The molecule has 0 aromatic carbocycles. The van der Waals surface area contributed by atoms with Crippen molar-refractivity contribution in [2.24, 2.45) is 16.3 Å². The number of amidine groups is 1. The summed E-state index contributed by atoms with van der Waals surface area (Å²) in [7, 11) is 1.77. The molecule has 0 aliphatic heterocycles. The van der Waals surface area contributed by atoms with E-state index in [-0.39, 0.29) is 11.7 Å². The van der Waals surface area contributed by atoms with E-state index in [1.165, 1.54) is 0 Å². The number of hydrogen-bond donors (Lipinski definition) is 2. The maximum absolute atomic E-state index is 12.7. The fourth-order valence-corrected chi connectivity index (χ4v) is 3.48. The van der Waals surface area contributed by atoms with Crippen molar-refractivity contribution in [3.63, 3.8) is 0 Å². The standard InChI is InChI=1S/C13H19N3O2S/c1-16(9-10-5-4-8-19-10)12(17)13(11(14)15-18)6-2-3-7-13/h4-5,8,18H,2-3,6-7,9H2,1H3,(H2,14,15). The van der Waals surface area contributed by atoms with E-state index in [9.17, 15) is 4.79 Å². The molecule has 5 nitrogen and oxygen atoms in total. The minimum absolute atomic E-state index is 0.0475. The van der Waals surface area contributed by atoms with Crippen molar-refractivity contribution in [3.05, 3.63) is 22.4 Å². The first kappa shape index (κ1) is 13.9. The zero-order chi connectivity index (χ0) is 13.9. The molecule has 0 radical (unpaired) electrons. The SMILES string of the molecule is CN(Cc1cccs1)C(=O)C1(C(N)=NO)CCCC1. The maximum Gasteiger partial charge on any atom is 0.236 e. The number of thiophene rings is 1. The van der Waals surface area contributed by atoms with Crippen LogP contribution in [0, 0.1) is 5.41 Å². The Bertz CT molecular complexity index is 464. The van der Waals surface area contributed by atoms with E-state index in [1.54, 1.807) is 23.3 Å². The Labute approximate surface area is 116 Å². The largest absolute Gasteiger partial charge is 0.409 e. The number of rotatable bonds is 4. The van der Waals surface area contributed by atoms with Crippen LogP contribution in [0.5, 0.6) is 0 Å².